The first-order chi connectivity index (χ1) is 9.78. The van der Waals surface area contributed by atoms with Crippen molar-refractivity contribution >= 4 is 16.7 Å². The van der Waals surface area contributed by atoms with Gasteiger partial charge in [0.05, 0.1) is 18.7 Å². The van der Waals surface area contributed by atoms with Crippen LogP contribution in [0.25, 0.3) is 10.9 Å². The monoisotopic (exact) mass is 272 g/mol. The molecular formula is C15H20N4O. The van der Waals surface area contributed by atoms with Gasteiger partial charge in [0.25, 0.3) is 0 Å². The number of aliphatic hydroxyl groups is 1. The molecule has 1 aliphatic rings. The average molecular weight is 272 g/mol. The van der Waals surface area contributed by atoms with Gasteiger partial charge in [0.1, 0.15) is 11.6 Å². The Morgan fingerprint density at radius 2 is 2.10 bits per heavy atom. The lowest BCUT2D eigenvalue weighted by Crippen LogP contribution is -2.41. The van der Waals surface area contributed by atoms with Gasteiger partial charge in [-0.1, -0.05) is 18.6 Å². The third-order valence-electron chi connectivity index (χ3n) is 3.98. The molecule has 0 saturated carbocycles. The van der Waals surface area contributed by atoms with Crippen LogP contribution >= 0.6 is 0 Å². The van der Waals surface area contributed by atoms with E-state index in [1.165, 1.54) is 12.8 Å². The molecule has 1 aromatic heterocycles. The quantitative estimate of drug-likeness (QED) is 0.887. The van der Waals surface area contributed by atoms with E-state index in [4.69, 9.17) is 5.73 Å². The van der Waals surface area contributed by atoms with Crippen molar-refractivity contribution in [1.29, 1.82) is 0 Å². The number of nitrogens with zero attached hydrogens (tertiary/aromatic N) is 3. The van der Waals surface area contributed by atoms with Crippen LogP contribution in [0.4, 0.5) is 5.82 Å². The van der Waals surface area contributed by atoms with Crippen molar-refractivity contribution in [2.24, 2.45) is 0 Å². The maximum Gasteiger partial charge on any atom is 0.145 e. The molecule has 1 atom stereocenters. The summed E-state index contributed by atoms with van der Waals surface area (Å²) in [5, 5.41) is 10.4. The molecule has 2 heterocycles. The highest BCUT2D eigenvalue weighted by atomic mass is 16.3. The van der Waals surface area contributed by atoms with E-state index >= 15 is 0 Å². The van der Waals surface area contributed by atoms with E-state index in [0.717, 1.165) is 29.7 Å². The Balaban J connectivity index is 1.86. The van der Waals surface area contributed by atoms with Gasteiger partial charge in [-0.15, -0.1) is 0 Å². The van der Waals surface area contributed by atoms with Crippen molar-refractivity contribution in [3.63, 3.8) is 0 Å². The van der Waals surface area contributed by atoms with Crippen LogP contribution in [0.5, 0.6) is 0 Å². The number of hydrogen-bond acceptors (Lipinski definition) is 5. The second-order valence-electron chi connectivity index (χ2n) is 5.34. The number of nitrogen functional groups attached to an aromatic ring is 1. The first kappa shape index (κ1) is 13.3. The fourth-order valence-electron chi connectivity index (χ4n) is 2.88. The van der Waals surface area contributed by atoms with Crippen LogP contribution in [0.1, 0.15) is 25.1 Å². The zero-order valence-electron chi connectivity index (χ0n) is 11.5. The molecule has 3 N–H and O–H groups in total. The Morgan fingerprint density at radius 3 is 2.95 bits per heavy atom. The smallest absolute Gasteiger partial charge is 0.145 e. The first-order valence-corrected chi connectivity index (χ1v) is 7.14. The fraction of sp³-hybridized carbons (Fsp3) is 0.467. The molecule has 0 radical (unpaired) electrons. The number of anilines is 1. The van der Waals surface area contributed by atoms with E-state index in [0.29, 0.717) is 12.4 Å². The van der Waals surface area contributed by atoms with Crippen LogP contribution < -0.4 is 5.73 Å². The lowest BCUT2D eigenvalue weighted by Gasteiger charge is -2.33. The molecule has 1 aliphatic heterocycles. The molecule has 3 rings (SSSR count). The number of nitrogens with two attached hydrogens (primary N) is 1. The summed E-state index contributed by atoms with van der Waals surface area (Å²) in [4.78, 5) is 11.2. The maximum absolute atomic E-state index is 9.46. The van der Waals surface area contributed by atoms with Gasteiger partial charge in [-0.3, -0.25) is 4.90 Å². The maximum atomic E-state index is 9.46. The molecule has 0 bridgehead atoms. The van der Waals surface area contributed by atoms with E-state index in [1.54, 1.807) is 0 Å². The average Bonchev–Trinajstić information content (AvgIpc) is 2.48. The molecule has 2 aromatic rings. The molecular weight excluding hydrogens is 252 g/mol. The molecule has 5 heteroatoms. The molecule has 5 nitrogen and oxygen atoms in total. The molecule has 20 heavy (non-hydrogen) atoms. The lowest BCUT2D eigenvalue weighted by atomic mass is 10.0. The van der Waals surface area contributed by atoms with Gasteiger partial charge in [0.2, 0.25) is 0 Å². The molecule has 1 saturated heterocycles. The highest BCUT2D eigenvalue weighted by Crippen LogP contribution is 2.21. The van der Waals surface area contributed by atoms with Crippen LogP contribution in [0.15, 0.2) is 24.3 Å². The Labute approximate surface area is 118 Å². The highest BCUT2D eigenvalue weighted by Gasteiger charge is 2.22. The van der Waals surface area contributed by atoms with Crippen LogP contribution in [-0.2, 0) is 6.54 Å². The number of piperidine rings is 1. The SMILES string of the molecule is Nc1nc(CN2CCCCC2CO)nc2ccccc12. The molecule has 106 valence electrons. The fourth-order valence-corrected chi connectivity index (χ4v) is 2.88. The number of aliphatic hydroxyl groups excluding tert-OH is 1. The number of likely N-dealkylation sites (tertiary alicyclic amines) is 1. The van der Waals surface area contributed by atoms with Crippen LogP contribution in [0.2, 0.25) is 0 Å². The minimum atomic E-state index is 0.197. The summed E-state index contributed by atoms with van der Waals surface area (Å²) in [6.07, 6.45) is 3.39. The van der Waals surface area contributed by atoms with Gasteiger partial charge in [0, 0.05) is 11.4 Å². The predicted octanol–water partition coefficient (Wildman–Crippen LogP) is 1.56. The molecule has 1 fully saturated rings. The second kappa shape index (κ2) is 5.73. The van der Waals surface area contributed by atoms with Gasteiger partial charge in [-0.05, 0) is 31.5 Å². The summed E-state index contributed by atoms with van der Waals surface area (Å²) in [5.41, 5.74) is 6.89. The van der Waals surface area contributed by atoms with Crippen molar-refractivity contribution in [3.8, 4) is 0 Å². The van der Waals surface area contributed by atoms with E-state index < -0.39 is 0 Å². The Hall–Kier alpha value is -1.72. The number of benzene rings is 1. The van der Waals surface area contributed by atoms with Crippen LogP contribution in [0, 0.1) is 0 Å². The summed E-state index contributed by atoms with van der Waals surface area (Å²) in [6.45, 7) is 1.84. The molecule has 1 aromatic carbocycles. The minimum Gasteiger partial charge on any atom is -0.395 e. The van der Waals surface area contributed by atoms with E-state index in [1.807, 2.05) is 24.3 Å². The van der Waals surface area contributed by atoms with Gasteiger partial charge < -0.3 is 10.8 Å². The standard InChI is InChI=1S/C15H20N4O/c16-15-12-6-1-2-7-13(12)17-14(18-15)9-19-8-4-3-5-11(19)10-20/h1-2,6-7,11,20H,3-5,8-10H2,(H2,16,17,18). The third-order valence-corrected chi connectivity index (χ3v) is 3.98. The predicted molar refractivity (Wildman–Crippen MR) is 79.1 cm³/mol. The summed E-state index contributed by atoms with van der Waals surface area (Å²) in [5.74, 6) is 1.27. The van der Waals surface area contributed by atoms with Crippen LogP contribution in [-0.4, -0.2) is 39.2 Å². The Morgan fingerprint density at radius 1 is 1.25 bits per heavy atom. The zero-order chi connectivity index (χ0) is 13.9. The van der Waals surface area contributed by atoms with E-state index in [9.17, 15) is 5.11 Å². The van der Waals surface area contributed by atoms with Crippen molar-refractivity contribution < 1.29 is 5.11 Å². The number of para-hydroxylation sites is 1. The highest BCUT2D eigenvalue weighted by molar-refractivity contribution is 5.87. The van der Waals surface area contributed by atoms with Crippen LogP contribution in [0.3, 0.4) is 0 Å². The first-order valence-electron chi connectivity index (χ1n) is 7.14. The Kier molecular flexibility index (Phi) is 3.80. The van der Waals surface area contributed by atoms with Gasteiger partial charge in [-0.2, -0.15) is 0 Å². The van der Waals surface area contributed by atoms with Gasteiger partial charge >= 0.3 is 0 Å². The summed E-state index contributed by atoms with van der Waals surface area (Å²) in [6, 6.07) is 8.01. The number of aromatic nitrogens is 2. The summed E-state index contributed by atoms with van der Waals surface area (Å²) in [7, 11) is 0. The number of hydrogen-bond donors (Lipinski definition) is 2. The zero-order valence-corrected chi connectivity index (χ0v) is 11.5. The van der Waals surface area contributed by atoms with Gasteiger partial charge in [-0.25, -0.2) is 9.97 Å². The summed E-state index contributed by atoms with van der Waals surface area (Å²) < 4.78 is 0. The molecule has 0 amide bonds. The number of rotatable bonds is 3. The molecule has 1 unspecified atom stereocenters. The Bertz CT molecular complexity index is 601. The topological polar surface area (TPSA) is 75.3 Å². The number of fused-ring (bicyclic) bond motifs is 1. The van der Waals surface area contributed by atoms with Crippen molar-refractivity contribution in [1.82, 2.24) is 14.9 Å². The van der Waals surface area contributed by atoms with E-state index in [2.05, 4.69) is 14.9 Å². The summed E-state index contributed by atoms with van der Waals surface area (Å²) >= 11 is 0. The van der Waals surface area contributed by atoms with E-state index in [-0.39, 0.29) is 12.6 Å². The lowest BCUT2D eigenvalue weighted by molar-refractivity contribution is 0.0820. The van der Waals surface area contributed by atoms with Crippen molar-refractivity contribution in [2.45, 2.75) is 31.8 Å². The molecule has 0 aliphatic carbocycles. The second-order valence-corrected chi connectivity index (χ2v) is 5.34. The minimum absolute atomic E-state index is 0.197. The van der Waals surface area contributed by atoms with Gasteiger partial charge in [0.15, 0.2) is 0 Å². The normalized spacial score (nSPS) is 20.4. The third kappa shape index (κ3) is 2.59. The van der Waals surface area contributed by atoms with Crippen molar-refractivity contribution in [3.05, 3.63) is 30.1 Å². The molecule has 0 spiro atoms. The van der Waals surface area contributed by atoms with Crippen molar-refractivity contribution in [2.75, 3.05) is 18.9 Å². The largest absolute Gasteiger partial charge is 0.395 e.